The van der Waals surface area contributed by atoms with Gasteiger partial charge in [0.2, 0.25) is 0 Å². The number of thiophene rings is 1. The number of fused-ring (bicyclic) bond motifs is 8. The summed E-state index contributed by atoms with van der Waals surface area (Å²) in [6.07, 6.45) is 0. The van der Waals surface area contributed by atoms with E-state index in [2.05, 4.69) is 42.5 Å². The third-order valence-corrected chi connectivity index (χ3v) is 10.7. The summed E-state index contributed by atoms with van der Waals surface area (Å²) in [6.45, 7) is 0. The van der Waals surface area contributed by atoms with Gasteiger partial charge in [-0.25, -0.2) is 15.0 Å². The first-order valence-electron chi connectivity index (χ1n) is 21.8. The van der Waals surface area contributed by atoms with Gasteiger partial charge in [-0.1, -0.05) is 139 Å². The molecular formula is C49H29N3OS. The second-order valence-electron chi connectivity index (χ2n) is 12.9. The predicted octanol–water partition coefficient (Wildman–Crippen LogP) is 13.6. The first kappa shape index (κ1) is 22.9. The zero-order chi connectivity index (χ0) is 43.4. The van der Waals surface area contributed by atoms with Crippen molar-refractivity contribution in [1.82, 2.24) is 15.0 Å². The number of hydrogen-bond donors (Lipinski definition) is 0. The molecule has 0 radical (unpaired) electrons. The summed E-state index contributed by atoms with van der Waals surface area (Å²) in [6, 6.07) is 35.8. The van der Waals surface area contributed by atoms with Crippen LogP contribution in [0.3, 0.4) is 0 Å². The molecular weight excluding hydrogens is 679 g/mol. The summed E-state index contributed by atoms with van der Waals surface area (Å²) >= 11 is 1.71. The molecule has 0 aliphatic heterocycles. The molecule has 0 N–H and O–H groups in total. The molecule has 0 aliphatic rings. The summed E-state index contributed by atoms with van der Waals surface area (Å²) in [4.78, 5) is 14.9. The Kier molecular flexibility index (Phi) is 5.22. The maximum absolute atomic E-state index is 9.39. The Morgan fingerprint density at radius 1 is 0.463 bits per heavy atom. The van der Waals surface area contributed by atoms with E-state index in [1.54, 1.807) is 29.5 Å². The van der Waals surface area contributed by atoms with Crippen LogP contribution in [0.2, 0.25) is 0 Å². The molecule has 5 heteroatoms. The van der Waals surface area contributed by atoms with Crippen LogP contribution in [0, 0.1) is 0 Å². The summed E-state index contributed by atoms with van der Waals surface area (Å²) in [5.74, 6) is 1.25. The van der Waals surface area contributed by atoms with E-state index < -0.39 is 36.3 Å². The van der Waals surface area contributed by atoms with Crippen molar-refractivity contribution in [3.8, 4) is 56.4 Å². The molecule has 0 saturated heterocycles. The standard InChI is InChI=1S/C49H29N3OS/c1-3-11-30(12-4-1)37-19-10-20-43-45(37)41-26-23-36(29-44(41)54-43)49-51-47(32-14-5-2-6-15-32)50-48(52-49)35-17-9-16-33(27-35)34-22-24-39-40-25-21-31-13-7-8-18-38(31)46(40)53-42(39)28-34/h1-29H/i7D,8D,13D,18D,21D,22D,24D,25D,28D. The molecule has 0 fully saturated rings. The minimum atomic E-state index is -0.551. The van der Waals surface area contributed by atoms with Crippen molar-refractivity contribution in [2.24, 2.45) is 0 Å². The number of furan rings is 1. The van der Waals surface area contributed by atoms with Crippen LogP contribution in [0.1, 0.15) is 12.3 Å². The van der Waals surface area contributed by atoms with E-state index in [0.29, 0.717) is 28.6 Å². The first-order chi connectivity index (χ1) is 30.5. The number of aromatic nitrogens is 3. The molecule has 0 amide bonds. The average molecular weight is 717 g/mol. The van der Waals surface area contributed by atoms with Gasteiger partial charge in [0, 0.05) is 53.0 Å². The maximum Gasteiger partial charge on any atom is 0.164 e. The Morgan fingerprint density at radius 3 is 1.98 bits per heavy atom. The third-order valence-electron chi connectivity index (χ3n) is 9.60. The molecule has 252 valence electrons. The largest absolute Gasteiger partial charge is 0.455 e. The van der Waals surface area contributed by atoms with Crippen LogP contribution < -0.4 is 0 Å². The van der Waals surface area contributed by atoms with Crippen LogP contribution >= 0.6 is 11.3 Å². The number of rotatable bonds is 5. The topological polar surface area (TPSA) is 51.8 Å². The van der Waals surface area contributed by atoms with Gasteiger partial charge in [-0.2, -0.15) is 0 Å². The third kappa shape index (κ3) is 5.09. The Bertz CT molecular complexity index is 3740. The van der Waals surface area contributed by atoms with Gasteiger partial charge in [0.05, 0.1) is 12.3 Å². The Morgan fingerprint density at radius 2 is 1.15 bits per heavy atom. The molecule has 0 spiro atoms. The number of benzene rings is 8. The lowest BCUT2D eigenvalue weighted by Gasteiger charge is -2.10. The lowest BCUT2D eigenvalue weighted by Crippen LogP contribution is -2.00. The Balaban J connectivity index is 1.08. The highest BCUT2D eigenvalue weighted by molar-refractivity contribution is 7.26. The van der Waals surface area contributed by atoms with Gasteiger partial charge in [0.1, 0.15) is 11.2 Å². The summed E-state index contributed by atoms with van der Waals surface area (Å²) in [5.41, 5.74) is 4.65. The second kappa shape index (κ2) is 12.3. The van der Waals surface area contributed by atoms with E-state index in [9.17, 15) is 4.11 Å². The van der Waals surface area contributed by atoms with Crippen LogP contribution in [0.5, 0.6) is 0 Å². The van der Waals surface area contributed by atoms with Crippen molar-refractivity contribution in [3.05, 3.63) is 176 Å². The fraction of sp³-hybridized carbons (Fsp3) is 0. The predicted molar refractivity (Wildman–Crippen MR) is 225 cm³/mol. The van der Waals surface area contributed by atoms with E-state index in [1.165, 1.54) is 10.1 Å². The highest BCUT2D eigenvalue weighted by Gasteiger charge is 2.17. The molecule has 0 unspecified atom stereocenters. The quantitative estimate of drug-likeness (QED) is 0.178. The average Bonchev–Trinajstić information content (AvgIpc) is 3.91. The van der Waals surface area contributed by atoms with Crippen molar-refractivity contribution in [2.45, 2.75) is 0 Å². The minimum Gasteiger partial charge on any atom is -0.455 e. The van der Waals surface area contributed by atoms with Crippen molar-refractivity contribution in [1.29, 1.82) is 0 Å². The highest BCUT2D eigenvalue weighted by Crippen LogP contribution is 2.42. The zero-order valence-corrected chi connectivity index (χ0v) is 29.0. The molecule has 11 rings (SSSR count). The molecule has 8 aromatic carbocycles. The lowest BCUT2D eigenvalue weighted by molar-refractivity contribution is 0.673. The van der Waals surface area contributed by atoms with Gasteiger partial charge in [-0.3, -0.25) is 0 Å². The van der Waals surface area contributed by atoms with Crippen LogP contribution in [-0.2, 0) is 0 Å². The molecule has 54 heavy (non-hydrogen) atoms. The van der Waals surface area contributed by atoms with Crippen molar-refractivity contribution in [2.75, 3.05) is 0 Å². The van der Waals surface area contributed by atoms with Gasteiger partial charge in [-0.05, 0) is 64.0 Å². The van der Waals surface area contributed by atoms with Crippen molar-refractivity contribution >= 4 is 64.2 Å². The van der Waals surface area contributed by atoms with E-state index in [4.69, 9.17) is 27.6 Å². The molecule has 4 nitrogen and oxygen atoms in total. The maximum atomic E-state index is 9.39. The van der Waals surface area contributed by atoms with Crippen LogP contribution in [0.15, 0.2) is 180 Å². The summed E-state index contributed by atoms with van der Waals surface area (Å²) in [7, 11) is 0. The Labute approximate surface area is 327 Å². The van der Waals surface area contributed by atoms with Crippen molar-refractivity contribution < 1.29 is 16.8 Å². The summed E-state index contributed by atoms with van der Waals surface area (Å²) < 4.78 is 87.5. The molecule has 3 aromatic heterocycles. The van der Waals surface area contributed by atoms with Gasteiger partial charge in [0.15, 0.2) is 17.5 Å². The molecule has 3 heterocycles. The fourth-order valence-electron chi connectivity index (χ4n) is 7.04. The highest BCUT2D eigenvalue weighted by atomic mass is 32.1. The van der Waals surface area contributed by atoms with Crippen LogP contribution in [0.25, 0.3) is 109 Å². The normalized spacial score (nSPS) is 14.0. The zero-order valence-electron chi connectivity index (χ0n) is 37.2. The monoisotopic (exact) mass is 716 g/mol. The molecule has 0 bridgehead atoms. The van der Waals surface area contributed by atoms with E-state index in [1.807, 2.05) is 60.7 Å². The van der Waals surface area contributed by atoms with Crippen molar-refractivity contribution in [3.63, 3.8) is 0 Å². The molecule has 0 aliphatic carbocycles. The van der Waals surface area contributed by atoms with Gasteiger partial charge in [0.25, 0.3) is 0 Å². The van der Waals surface area contributed by atoms with Crippen LogP contribution in [-0.4, -0.2) is 15.0 Å². The van der Waals surface area contributed by atoms with E-state index >= 15 is 0 Å². The summed E-state index contributed by atoms with van der Waals surface area (Å²) in [5, 5.41) is 1.90. The SMILES string of the molecule is [2H]c1c([2H])c([2H])c2c(c1[2H])c([2H])c([2H])c1c2oc2c([2H])c(-c3cccc(-c4nc(-c5ccccc5)nc(-c5ccc6c(c5)sc5cccc(-c7ccccc7)c56)n4)c3)c([2H])c([2H])c21. The molecule has 0 saturated carbocycles. The second-order valence-corrected chi connectivity index (χ2v) is 14.0. The van der Waals surface area contributed by atoms with E-state index in [-0.39, 0.29) is 56.4 Å². The van der Waals surface area contributed by atoms with Gasteiger partial charge >= 0.3 is 0 Å². The smallest absolute Gasteiger partial charge is 0.164 e. The fourth-order valence-corrected chi connectivity index (χ4v) is 8.21. The minimum absolute atomic E-state index is 0.0470. The van der Waals surface area contributed by atoms with Crippen LogP contribution in [0.4, 0.5) is 0 Å². The lowest BCUT2D eigenvalue weighted by atomic mass is 9.99. The van der Waals surface area contributed by atoms with Gasteiger partial charge < -0.3 is 4.42 Å². The molecule has 11 aromatic rings. The Hall–Kier alpha value is -6.95. The first-order valence-corrected chi connectivity index (χ1v) is 18.1. The van der Waals surface area contributed by atoms with E-state index in [0.717, 1.165) is 32.3 Å². The number of hydrogen-bond acceptors (Lipinski definition) is 5. The van der Waals surface area contributed by atoms with Gasteiger partial charge in [-0.15, -0.1) is 11.3 Å². The number of nitrogens with zero attached hydrogens (tertiary/aromatic N) is 3. The molecule has 0 atom stereocenters.